The molecule has 12 aliphatic heterocycles. The highest BCUT2D eigenvalue weighted by Gasteiger charge is 2.63. The van der Waals surface area contributed by atoms with Gasteiger partial charge in [0.1, 0.15) is 293 Å². The molecule has 139 heavy (non-hydrogen) atoms. The minimum Gasteiger partial charge on any atom is -0.394 e. The van der Waals surface area contributed by atoms with E-state index in [9.17, 15) is 193 Å². The van der Waals surface area contributed by atoms with Gasteiger partial charge in [-0.25, -0.2) is 0 Å². The molecule has 0 aromatic carbocycles. The Bertz CT molecular complexity index is 3730. The SMILES string of the molecule is CC(=O)N[C@@H]1[C@@H](O)[C@H](O[C@@H]2O[C@H](CO)[C@@H](O[C@@H]3O[C@H](CO[C@H]4O[C@H](CO[C@H]5O[C@H](CO)[C@@H](O)[C@H](O)[C@@H]5O[C@H]5O[C@H](CO)[C@@H](O)[C@H](O)[C@@H]5O)[C@@H](O)[C@H](O[C@H]5O[C@H](CO)[C@@H](O)[C@H](O)[C@@H]5O)[C@@H]4O)[C@@H](O)[C@H](O[C@H]4O[C@H](CO)[C@@H](O)[C@H](O)[C@@H]4O[C@H]4O[C@H](CO)[C@@H](O)[C@H](O)[C@@H]4O[C@H]4O[C@H](CO)[C@@H](O)[C@H](O[C@H]5O[C@H](CO)[C@@H](O)[C@H](O[C@H]6O[C@H](CO)[C@@H](O)[C@H](O)[C@H]6O)[C@H]5O)[C@@H]4O)[C@@H]3O)[C@H](O)[C@H]2NC(C)=O)[C@@H](CO)O[C@H]1O. The molecule has 0 unspecified atom stereocenters. The van der Waals surface area contributed by atoms with E-state index in [1.54, 1.807) is 0 Å². The van der Waals surface area contributed by atoms with Crippen LogP contribution in [0.2, 0.25) is 0 Å². The van der Waals surface area contributed by atoms with E-state index in [0.717, 1.165) is 13.8 Å². The highest BCUT2D eigenvalue weighted by Crippen LogP contribution is 2.43. The molecule has 0 aliphatic carbocycles. The van der Waals surface area contributed by atoms with E-state index in [-0.39, 0.29) is 0 Å². The zero-order chi connectivity index (χ0) is 102. The maximum absolute atomic E-state index is 13.2. The van der Waals surface area contributed by atoms with E-state index in [0.29, 0.717) is 0 Å². The van der Waals surface area contributed by atoms with Crippen LogP contribution in [0, 0.1) is 0 Å². The maximum Gasteiger partial charge on any atom is 0.217 e. The summed E-state index contributed by atoms with van der Waals surface area (Å²) in [7, 11) is 0. The van der Waals surface area contributed by atoms with Gasteiger partial charge >= 0.3 is 0 Å². The predicted molar refractivity (Wildman–Crippen MR) is 418 cm³/mol. The maximum atomic E-state index is 13.2. The predicted octanol–water partition coefficient (Wildman–Crippen LogP) is -26.9. The van der Waals surface area contributed by atoms with Crippen LogP contribution < -0.4 is 10.6 Å². The zero-order valence-electron chi connectivity index (χ0n) is 73.4. The molecule has 12 fully saturated rings. The molecule has 60 atom stereocenters. The number of hydrogen-bond donors (Lipinski definition) is 38. The number of ether oxygens (including phenoxy) is 23. The van der Waals surface area contributed by atoms with Crippen molar-refractivity contribution in [1.29, 1.82) is 0 Å². The summed E-state index contributed by atoms with van der Waals surface area (Å²) in [5.74, 6) is -1.85. The molecule has 12 saturated heterocycles. The topological polar surface area (TPSA) is 999 Å². The summed E-state index contributed by atoms with van der Waals surface area (Å²) in [5, 5.41) is 407. The molecule has 63 heteroatoms. The van der Waals surface area contributed by atoms with Crippen LogP contribution in [0.4, 0.5) is 0 Å². The Morgan fingerprint density at radius 1 is 0.187 bits per heavy atom. The number of rotatable bonds is 36. The molecule has 0 radical (unpaired) electrons. The molecule has 0 saturated carbocycles. The van der Waals surface area contributed by atoms with Crippen molar-refractivity contribution in [2.75, 3.05) is 79.3 Å². The van der Waals surface area contributed by atoms with E-state index in [1.807, 2.05) is 0 Å². The van der Waals surface area contributed by atoms with Crippen LogP contribution >= 0.6 is 0 Å². The van der Waals surface area contributed by atoms with E-state index in [2.05, 4.69) is 10.6 Å². The minimum absolute atomic E-state index is 0.834. The van der Waals surface area contributed by atoms with Crippen molar-refractivity contribution < 1.29 is 302 Å². The van der Waals surface area contributed by atoms with Crippen molar-refractivity contribution in [3.63, 3.8) is 0 Å². The standard InChI is InChI=1S/C76H128N2O61/c1-15(89)77-29-41(101)56(25(11-87)119-65(29)116)131-66-30(78-16(2)90)42(102)57(26(12-88)128-66)132-73-55(115)61(40(100)28(130-73)13-117-67-52(112)60(134-69-50(110)44(104)32(92)18(4-80)121-69)39(99)27(129-67)14-118-74-62(46(106)34(94)20(6-82)125-74)137-70-51(111)45(105)33(93)19(5-81)122-70)136-75-64(48(108)36(96)21(7-83)126-75)139-76-63(47(107)35(95)22(8-84)127-76)138-72-54(114)59(38(98)24(10-86)124-72)135-71-53(113)58(37(97)23(9-85)123-71)133-68-49(109)43(103)31(91)17(3-79)120-68/h17-76,79-88,91-116H,3-14H2,1-2H3,(H,77,89)(H,78,90)/t17-,18-,19-,20-,21-,22-,23-,24-,25-,26-,27-,28-,29-,30-,31-,32-,33-,34-,35-,36-,37-,38-,39-,40-,41-,42-,43+,44+,45+,46+,47+,48+,49-,50+,51+,52+,53-,54+,55+,56-,57-,58+,59+,60+,61+,62+,63+,64+,65-,66+,67+,68-,69-,70-,71-,72-,73+,74+,75-,76-/m1/s1. The van der Waals surface area contributed by atoms with Gasteiger partial charge in [0.05, 0.1) is 79.3 Å². The lowest BCUT2D eigenvalue weighted by Crippen LogP contribution is -2.70. The van der Waals surface area contributed by atoms with Gasteiger partial charge < -0.3 is 303 Å². The summed E-state index contributed by atoms with van der Waals surface area (Å²) in [6.07, 6.45) is -129. The van der Waals surface area contributed by atoms with Gasteiger partial charge in [-0.2, -0.15) is 0 Å². The van der Waals surface area contributed by atoms with Gasteiger partial charge in [0.15, 0.2) is 75.5 Å². The van der Waals surface area contributed by atoms with Gasteiger partial charge in [0.25, 0.3) is 0 Å². The summed E-state index contributed by atoms with van der Waals surface area (Å²) in [4.78, 5) is 25.4. The molecular weight excluding hydrogens is 1920 g/mol. The first kappa shape index (κ1) is 114. The Morgan fingerprint density at radius 3 is 0.734 bits per heavy atom. The fourth-order valence-electron chi connectivity index (χ4n) is 18.0. The first-order valence-corrected chi connectivity index (χ1v) is 44.2. The van der Waals surface area contributed by atoms with Crippen LogP contribution in [-0.4, -0.2) is 643 Å². The molecule has 0 aromatic rings. The quantitative estimate of drug-likeness (QED) is 0.0277. The third kappa shape index (κ3) is 24.5. The summed E-state index contributed by atoms with van der Waals surface area (Å²) >= 11 is 0. The molecular formula is C76H128N2O61. The van der Waals surface area contributed by atoms with E-state index in [4.69, 9.17) is 109 Å². The van der Waals surface area contributed by atoms with Crippen molar-refractivity contribution in [1.82, 2.24) is 10.6 Å². The Hall–Kier alpha value is -3.42. The van der Waals surface area contributed by atoms with Crippen molar-refractivity contribution in [2.45, 2.75) is 382 Å². The summed E-state index contributed by atoms with van der Waals surface area (Å²) in [6.45, 7) is -12.2. The van der Waals surface area contributed by atoms with Gasteiger partial charge in [-0.05, 0) is 0 Å². The number of nitrogens with one attached hydrogen (secondary N) is 2. The molecule has 0 bridgehead atoms. The number of carbonyl (C=O) groups excluding carboxylic acids is 2. The van der Waals surface area contributed by atoms with Gasteiger partial charge in [-0.1, -0.05) is 0 Å². The Labute approximate surface area is 784 Å². The van der Waals surface area contributed by atoms with Crippen molar-refractivity contribution in [3.05, 3.63) is 0 Å². The monoisotopic (exact) mass is 2040 g/mol. The molecule has 12 heterocycles. The molecule has 0 aromatic heterocycles. The molecule has 12 rings (SSSR count). The zero-order valence-corrected chi connectivity index (χ0v) is 73.4. The highest BCUT2D eigenvalue weighted by atomic mass is 16.8. The largest absolute Gasteiger partial charge is 0.394 e. The average Bonchev–Trinajstić information content (AvgIpc) is 0.764. The third-order valence-corrected chi connectivity index (χ3v) is 25.9. The number of aliphatic hydroxyl groups is 36. The number of carbonyl (C=O) groups is 2. The lowest BCUT2D eigenvalue weighted by Gasteiger charge is -2.51. The molecule has 12 aliphatic rings. The summed E-state index contributed by atoms with van der Waals surface area (Å²) in [6, 6.07) is -3.74. The summed E-state index contributed by atoms with van der Waals surface area (Å²) < 4.78 is 135. The van der Waals surface area contributed by atoms with Crippen LogP contribution in [-0.2, 0) is 119 Å². The second-order valence-electron chi connectivity index (χ2n) is 35.2. The van der Waals surface area contributed by atoms with E-state index < -0.39 is 459 Å². The van der Waals surface area contributed by atoms with Crippen molar-refractivity contribution in [3.8, 4) is 0 Å². The lowest BCUT2D eigenvalue weighted by atomic mass is 9.94. The normalized spacial score (nSPS) is 51.9. The number of hydrogen-bond acceptors (Lipinski definition) is 61. The van der Waals surface area contributed by atoms with Crippen LogP contribution in [0.1, 0.15) is 13.8 Å². The highest BCUT2D eigenvalue weighted by molar-refractivity contribution is 5.73. The first-order valence-electron chi connectivity index (χ1n) is 44.2. The lowest BCUT2D eigenvalue weighted by molar-refractivity contribution is -0.412. The van der Waals surface area contributed by atoms with Crippen LogP contribution in [0.25, 0.3) is 0 Å². The van der Waals surface area contributed by atoms with E-state index in [1.165, 1.54) is 0 Å². The van der Waals surface area contributed by atoms with Crippen LogP contribution in [0.5, 0.6) is 0 Å². The minimum atomic E-state index is -2.73. The smallest absolute Gasteiger partial charge is 0.217 e. The molecule has 808 valence electrons. The first-order chi connectivity index (χ1) is 65.9. The Balaban J connectivity index is 0.870. The van der Waals surface area contributed by atoms with E-state index >= 15 is 0 Å². The number of amides is 2. The molecule has 2 amide bonds. The molecule has 0 spiro atoms. The second kappa shape index (κ2) is 49.8. The van der Waals surface area contributed by atoms with Crippen molar-refractivity contribution >= 4 is 11.8 Å². The number of aliphatic hydroxyl groups excluding tert-OH is 36. The van der Waals surface area contributed by atoms with Crippen LogP contribution in [0.15, 0.2) is 0 Å². The Kier molecular flexibility index (Phi) is 41.0. The average molecular weight is 2050 g/mol. The molecule has 63 nitrogen and oxygen atoms in total. The fraction of sp³-hybridized carbons (Fsp3) is 0.974. The molecule has 38 N–H and O–H groups in total. The van der Waals surface area contributed by atoms with Crippen molar-refractivity contribution in [2.24, 2.45) is 0 Å². The van der Waals surface area contributed by atoms with Gasteiger partial charge in [-0.3, -0.25) is 9.59 Å². The third-order valence-electron chi connectivity index (χ3n) is 25.9. The Morgan fingerprint density at radius 2 is 0.396 bits per heavy atom. The van der Waals surface area contributed by atoms with Gasteiger partial charge in [0.2, 0.25) is 11.8 Å². The second-order valence-corrected chi connectivity index (χ2v) is 35.2. The van der Waals surface area contributed by atoms with Crippen LogP contribution in [0.3, 0.4) is 0 Å². The summed E-state index contributed by atoms with van der Waals surface area (Å²) in [5.41, 5.74) is 0. The van der Waals surface area contributed by atoms with Gasteiger partial charge in [-0.15, -0.1) is 0 Å². The fourth-order valence-corrected chi connectivity index (χ4v) is 18.0. The van der Waals surface area contributed by atoms with Gasteiger partial charge in [0, 0.05) is 13.8 Å².